The molecule has 3 rings (SSSR count). The first-order valence-electron chi connectivity index (χ1n) is 8.84. The van der Waals surface area contributed by atoms with Gasteiger partial charge in [0.2, 0.25) is 16.0 Å². The summed E-state index contributed by atoms with van der Waals surface area (Å²) >= 11 is 0. The standard InChI is InChI=1S/C19H22N6O2S/c20-28(26,27)17-8-6-16(7-9-17)11-13-22-19-24-18(14-23-25-19)21-12-10-15-4-2-1-3-5-15/h1-9,14H,10-13H2,(H2,20,26,27)(H2,21,22,24,25). The Balaban J connectivity index is 1.46. The fourth-order valence-electron chi connectivity index (χ4n) is 2.61. The predicted octanol–water partition coefficient (Wildman–Crippen LogP) is 1.83. The summed E-state index contributed by atoms with van der Waals surface area (Å²) in [6.07, 6.45) is 3.16. The first-order valence-corrected chi connectivity index (χ1v) is 10.4. The van der Waals surface area contributed by atoms with Crippen molar-refractivity contribution in [1.29, 1.82) is 0 Å². The molecule has 0 amide bonds. The van der Waals surface area contributed by atoms with Crippen LogP contribution in [0.3, 0.4) is 0 Å². The molecule has 0 aliphatic heterocycles. The molecule has 2 aromatic carbocycles. The van der Waals surface area contributed by atoms with E-state index in [2.05, 4.69) is 37.9 Å². The molecule has 8 nitrogen and oxygen atoms in total. The van der Waals surface area contributed by atoms with Crippen LogP contribution in [-0.2, 0) is 22.9 Å². The Morgan fingerprint density at radius 2 is 1.50 bits per heavy atom. The van der Waals surface area contributed by atoms with Crippen LogP contribution < -0.4 is 15.8 Å². The van der Waals surface area contributed by atoms with Gasteiger partial charge >= 0.3 is 0 Å². The first kappa shape index (κ1) is 19.7. The van der Waals surface area contributed by atoms with Crippen molar-refractivity contribution < 1.29 is 8.42 Å². The maximum absolute atomic E-state index is 11.3. The van der Waals surface area contributed by atoms with Crippen LogP contribution in [0.1, 0.15) is 11.1 Å². The Morgan fingerprint density at radius 3 is 2.18 bits per heavy atom. The van der Waals surface area contributed by atoms with E-state index in [1.54, 1.807) is 18.3 Å². The van der Waals surface area contributed by atoms with Crippen molar-refractivity contribution in [2.75, 3.05) is 23.7 Å². The number of nitrogens with zero attached hydrogens (tertiary/aromatic N) is 3. The smallest absolute Gasteiger partial charge is 0.244 e. The largest absolute Gasteiger partial charge is 0.368 e. The normalized spacial score (nSPS) is 11.2. The second-order valence-electron chi connectivity index (χ2n) is 6.19. The fourth-order valence-corrected chi connectivity index (χ4v) is 3.12. The Bertz CT molecular complexity index is 994. The quantitative estimate of drug-likeness (QED) is 0.502. The summed E-state index contributed by atoms with van der Waals surface area (Å²) < 4.78 is 22.5. The van der Waals surface area contributed by atoms with Crippen LogP contribution in [0.4, 0.5) is 11.8 Å². The molecule has 1 heterocycles. The van der Waals surface area contributed by atoms with Crippen molar-refractivity contribution in [2.45, 2.75) is 17.7 Å². The van der Waals surface area contributed by atoms with E-state index in [4.69, 9.17) is 5.14 Å². The molecule has 0 saturated heterocycles. The highest BCUT2D eigenvalue weighted by Crippen LogP contribution is 2.10. The molecule has 0 spiro atoms. The zero-order valence-electron chi connectivity index (χ0n) is 15.2. The molecule has 146 valence electrons. The number of nitrogens with one attached hydrogen (secondary N) is 2. The molecular formula is C19H22N6O2S. The summed E-state index contributed by atoms with van der Waals surface area (Å²) in [5.41, 5.74) is 2.23. The number of sulfonamides is 1. The van der Waals surface area contributed by atoms with Gasteiger partial charge in [-0.05, 0) is 36.1 Å². The summed E-state index contributed by atoms with van der Waals surface area (Å²) in [5, 5.41) is 19.4. The maximum atomic E-state index is 11.3. The summed E-state index contributed by atoms with van der Waals surface area (Å²) in [7, 11) is -3.66. The third-order valence-electron chi connectivity index (χ3n) is 4.07. The summed E-state index contributed by atoms with van der Waals surface area (Å²) in [6, 6.07) is 16.7. The summed E-state index contributed by atoms with van der Waals surface area (Å²) in [6.45, 7) is 1.34. The van der Waals surface area contributed by atoms with E-state index >= 15 is 0 Å². The van der Waals surface area contributed by atoms with Crippen molar-refractivity contribution in [3.8, 4) is 0 Å². The monoisotopic (exact) mass is 398 g/mol. The van der Waals surface area contributed by atoms with Crippen LogP contribution in [0.5, 0.6) is 0 Å². The van der Waals surface area contributed by atoms with Crippen molar-refractivity contribution in [1.82, 2.24) is 15.2 Å². The summed E-state index contributed by atoms with van der Waals surface area (Å²) in [5.74, 6) is 1.09. The maximum Gasteiger partial charge on any atom is 0.244 e. The molecule has 0 bridgehead atoms. The van der Waals surface area contributed by atoms with Crippen molar-refractivity contribution in [3.05, 3.63) is 71.9 Å². The second kappa shape index (κ2) is 9.25. The molecule has 1 aromatic heterocycles. The number of aromatic nitrogens is 3. The fraction of sp³-hybridized carbons (Fsp3) is 0.211. The Morgan fingerprint density at radius 1 is 0.857 bits per heavy atom. The lowest BCUT2D eigenvalue weighted by Gasteiger charge is -2.08. The molecule has 0 aliphatic rings. The molecule has 0 aliphatic carbocycles. The molecule has 0 unspecified atom stereocenters. The topological polar surface area (TPSA) is 123 Å². The van der Waals surface area contributed by atoms with E-state index in [1.807, 2.05) is 18.2 Å². The van der Waals surface area contributed by atoms with E-state index < -0.39 is 10.0 Å². The number of hydrogen-bond donors (Lipinski definition) is 3. The number of rotatable bonds is 9. The highest BCUT2D eigenvalue weighted by molar-refractivity contribution is 7.89. The Labute approximate surface area is 164 Å². The second-order valence-corrected chi connectivity index (χ2v) is 7.75. The van der Waals surface area contributed by atoms with Gasteiger partial charge in [0.15, 0.2) is 5.82 Å². The van der Waals surface area contributed by atoms with Crippen LogP contribution in [-0.4, -0.2) is 36.7 Å². The lowest BCUT2D eigenvalue weighted by atomic mass is 10.1. The first-order chi connectivity index (χ1) is 13.5. The predicted molar refractivity (Wildman–Crippen MR) is 108 cm³/mol. The highest BCUT2D eigenvalue weighted by Gasteiger charge is 2.07. The lowest BCUT2D eigenvalue weighted by molar-refractivity contribution is 0.598. The third-order valence-corrected chi connectivity index (χ3v) is 5.00. The number of anilines is 2. The van der Waals surface area contributed by atoms with E-state index in [0.717, 1.165) is 18.5 Å². The van der Waals surface area contributed by atoms with Gasteiger partial charge < -0.3 is 10.6 Å². The molecule has 0 saturated carbocycles. The number of nitrogens with two attached hydrogens (primary N) is 1. The van der Waals surface area contributed by atoms with Crippen LogP contribution in [0.25, 0.3) is 0 Å². The average Bonchev–Trinajstić information content (AvgIpc) is 2.69. The third kappa shape index (κ3) is 6.00. The van der Waals surface area contributed by atoms with Gasteiger partial charge in [-0.1, -0.05) is 42.5 Å². The van der Waals surface area contributed by atoms with Crippen LogP contribution in [0, 0.1) is 0 Å². The van der Waals surface area contributed by atoms with Crippen molar-refractivity contribution in [2.24, 2.45) is 5.14 Å². The molecule has 0 atom stereocenters. The van der Waals surface area contributed by atoms with Crippen molar-refractivity contribution >= 4 is 21.8 Å². The number of primary sulfonamides is 1. The van der Waals surface area contributed by atoms with Crippen molar-refractivity contribution in [3.63, 3.8) is 0 Å². The Hall–Kier alpha value is -3.04. The molecule has 4 N–H and O–H groups in total. The highest BCUT2D eigenvalue weighted by atomic mass is 32.2. The molecule has 0 fully saturated rings. The number of hydrogen-bond acceptors (Lipinski definition) is 7. The van der Waals surface area contributed by atoms with Gasteiger partial charge in [-0.2, -0.15) is 10.1 Å². The zero-order chi connectivity index (χ0) is 19.8. The van der Waals surface area contributed by atoms with Gasteiger partial charge in [-0.15, -0.1) is 5.10 Å². The molecular weight excluding hydrogens is 376 g/mol. The van der Waals surface area contributed by atoms with E-state index in [9.17, 15) is 8.42 Å². The lowest BCUT2D eigenvalue weighted by Crippen LogP contribution is -2.13. The van der Waals surface area contributed by atoms with E-state index in [0.29, 0.717) is 24.7 Å². The Kier molecular flexibility index (Phi) is 6.51. The zero-order valence-corrected chi connectivity index (χ0v) is 16.1. The van der Waals surface area contributed by atoms with Crippen LogP contribution >= 0.6 is 0 Å². The van der Waals surface area contributed by atoms with E-state index in [-0.39, 0.29) is 4.90 Å². The minimum atomic E-state index is -3.66. The minimum absolute atomic E-state index is 0.103. The average molecular weight is 398 g/mol. The SMILES string of the molecule is NS(=O)(=O)c1ccc(CCNc2nncc(NCCc3ccccc3)n2)cc1. The van der Waals surface area contributed by atoms with Gasteiger partial charge in [0.1, 0.15) is 0 Å². The van der Waals surface area contributed by atoms with Gasteiger partial charge in [0.05, 0.1) is 11.1 Å². The minimum Gasteiger partial charge on any atom is -0.368 e. The van der Waals surface area contributed by atoms with Gasteiger partial charge in [0, 0.05) is 13.1 Å². The summed E-state index contributed by atoms with van der Waals surface area (Å²) in [4.78, 5) is 4.49. The van der Waals surface area contributed by atoms with Gasteiger partial charge in [0.25, 0.3) is 0 Å². The number of benzene rings is 2. The molecule has 3 aromatic rings. The molecule has 9 heteroatoms. The van der Waals surface area contributed by atoms with Gasteiger partial charge in [-0.3, -0.25) is 0 Å². The van der Waals surface area contributed by atoms with E-state index in [1.165, 1.54) is 17.7 Å². The van der Waals surface area contributed by atoms with Crippen LogP contribution in [0.15, 0.2) is 65.7 Å². The molecule has 28 heavy (non-hydrogen) atoms. The van der Waals surface area contributed by atoms with Gasteiger partial charge in [-0.25, -0.2) is 13.6 Å². The molecule has 0 radical (unpaired) electrons. The van der Waals surface area contributed by atoms with Crippen LogP contribution in [0.2, 0.25) is 0 Å².